The van der Waals surface area contributed by atoms with E-state index in [-0.39, 0.29) is 0 Å². The minimum absolute atomic E-state index is 0.605. The highest BCUT2D eigenvalue weighted by molar-refractivity contribution is 5.20. The smallest absolute Gasteiger partial charge is 0.0133 e. The van der Waals surface area contributed by atoms with Gasteiger partial charge in [0.25, 0.3) is 0 Å². The third-order valence-corrected chi connectivity index (χ3v) is 4.20. The van der Waals surface area contributed by atoms with Gasteiger partial charge in [0, 0.05) is 6.04 Å². The Balaban J connectivity index is 2.46. The van der Waals surface area contributed by atoms with Crippen molar-refractivity contribution in [2.45, 2.75) is 77.7 Å². The van der Waals surface area contributed by atoms with E-state index in [4.69, 9.17) is 0 Å². The first-order valence-electron chi connectivity index (χ1n) is 8.57. The third kappa shape index (κ3) is 6.56. The monoisotopic (exact) mass is 275 g/mol. The Kier molecular flexibility index (Phi) is 9.40. The highest BCUT2D eigenvalue weighted by Crippen LogP contribution is 2.23. The summed E-state index contributed by atoms with van der Waals surface area (Å²) < 4.78 is 0. The zero-order valence-corrected chi connectivity index (χ0v) is 13.7. The molecule has 0 radical (unpaired) electrons. The van der Waals surface area contributed by atoms with Crippen molar-refractivity contribution in [3.8, 4) is 0 Å². The normalized spacial score (nSPS) is 14.2. The SMILES string of the molecule is CCCCCCCC(NCCC)C(C)c1ccccc1. The van der Waals surface area contributed by atoms with Crippen LogP contribution in [0.1, 0.15) is 77.2 Å². The molecule has 0 aromatic heterocycles. The first-order chi connectivity index (χ1) is 9.79. The van der Waals surface area contributed by atoms with Crippen molar-refractivity contribution in [2.24, 2.45) is 0 Å². The summed E-state index contributed by atoms with van der Waals surface area (Å²) in [6, 6.07) is 11.6. The molecular formula is C19H33N. The maximum atomic E-state index is 3.76. The fraction of sp³-hybridized carbons (Fsp3) is 0.684. The number of rotatable bonds is 11. The van der Waals surface area contributed by atoms with E-state index in [0.717, 1.165) is 6.54 Å². The lowest BCUT2D eigenvalue weighted by molar-refractivity contribution is 0.406. The van der Waals surface area contributed by atoms with Crippen molar-refractivity contribution in [1.29, 1.82) is 0 Å². The molecule has 0 spiro atoms. The number of benzene rings is 1. The first-order valence-corrected chi connectivity index (χ1v) is 8.57. The van der Waals surface area contributed by atoms with Gasteiger partial charge >= 0.3 is 0 Å². The van der Waals surface area contributed by atoms with Gasteiger partial charge in [0.2, 0.25) is 0 Å². The van der Waals surface area contributed by atoms with Gasteiger partial charge in [-0.05, 0) is 30.9 Å². The lowest BCUT2D eigenvalue weighted by Crippen LogP contribution is -2.34. The molecule has 0 fully saturated rings. The van der Waals surface area contributed by atoms with Crippen LogP contribution in [0.25, 0.3) is 0 Å². The Hall–Kier alpha value is -0.820. The van der Waals surface area contributed by atoms with Crippen molar-refractivity contribution in [3.63, 3.8) is 0 Å². The summed E-state index contributed by atoms with van der Waals surface area (Å²) in [5, 5.41) is 3.76. The van der Waals surface area contributed by atoms with Crippen LogP contribution in [0.15, 0.2) is 30.3 Å². The van der Waals surface area contributed by atoms with E-state index >= 15 is 0 Å². The molecule has 0 aliphatic carbocycles. The Morgan fingerprint density at radius 3 is 2.25 bits per heavy atom. The average molecular weight is 275 g/mol. The molecular weight excluding hydrogens is 242 g/mol. The maximum absolute atomic E-state index is 3.76. The molecule has 1 aromatic rings. The van der Waals surface area contributed by atoms with E-state index in [0.29, 0.717) is 12.0 Å². The zero-order chi connectivity index (χ0) is 14.6. The van der Waals surface area contributed by atoms with Crippen LogP contribution >= 0.6 is 0 Å². The summed E-state index contributed by atoms with van der Waals surface area (Å²) in [4.78, 5) is 0. The van der Waals surface area contributed by atoms with E-state index in [1.807, 2.05) is 0 Å². The predicted molar refractivity (Wildman–Crippen MR) is 90.3 cm³/mol. The van der Waals surface area contributed by atoms with Crippen LogP contribution in [0, 0.1) is 0 Å². The van der Waals surface area contributed by atoms with Crippen LogP contribution in [0.3, 0.4) is 0 Å². The molecule has 20 heavy (non-hydrogen) atoms. The standard InChI is InChI=1S/C19H33N/c1-4-6-7-8-12-15-19(20-16-5-2)17(3)18-13-10-9-11-14-18/h9-11,13-14,17,19-20H,4-8,12,15-16H2,1-3H3. The van der Waals surface area contributed by atoms with Gasteiger partial charge in [0.05, 0.1) is 0 Å². The predicted octanol–water partition coefficient (Wildman–Crippen LogP) is 5.52. The van der Waals surface area contributed by atoms with Crippen molar-refractivity contribution in [1.82, 2.24) is 5.32 Å². The van der Waals surface area contributed by atoms with Crippen LogP contribution in [0.5, 0.6) is 0 Å². The minimum Gasteiger partial charge on any atom is -0.313 e. The second-order valence-corrected chi connectivity index (χ2v) is 5.96. The molecule has 2 unspecified atom stereocenters. The van der Waals surface area contributed by atoms with E-state index in [1.54, 1.807) is 0 Å². The summed E-state index contributed by atoms with van der Waals surface area (Å²) in [5.74, 6) is 0.605. The molecule has 0 aliphatic heterocycles. The molecule has 0 saturated carbocycles. The summed E-state index contributed by atoms with van der Waals surface area (Å²) >= 11 is 0. The summed E-state index contributed by atoms with van der Waals surface area (Å²) in [6.45, 7) is 8.03. The van der Waals surface area contributed by atoms with Gasteiger partial charge in [0.1, 0.15) is 0 Å². The molecule has 0 aliphatic rings. The zero-order valence-electron chi connectivity index (χ0n) is 13.7. The highest BCUT2D eigenvalue weighted by Gasteiger charge is 2.17. The molecule has 114 valence electrons. The largest absolute Gasteiger partial charge is 0.313 e. The minimum atomic E-state index is 0.605. The molecule has 1 rings (SSSR count). The van der Waals surface area contributed by atoms with E-state index < -0.39 is 0 Å². The van der Waals surface area contributed by atoms with Crippen LogP contribution in [-0.2, 0) is 0 Å². The van der Waals surface area contributed by atoms with E-state index in [2.05, 4.69) is 56.4 Å². The molecule has 0 saturated heterocycles. The quantitative estimate of drug-likeness (QED) is 0.524. The van der Waals surface area contributed by atoms with Gasteiger partial charge in [-0.15, -0.1) is 0 Å². The van der Waals surface area contributed by atoms with Crippen molar-refractivity contribution in [3.05, 3.63) is 35.9 Å². The lowest BCUT2D eigenvalue weighted by Gasteiger charge is -2.26. The van der Waals surface area contributed by atoms with Crippen LogP contribution in [0.2, 0.25) is 0 Å². The van der Waals surface area contributed by atoms with E-state index in [9.17, 15) is 0 Å². The molecule has 0 heterocycles. The lowest BCUT2D eigenvalue weighted by atomic mass is 9.89. The molecule has 0 bridgehead atoms. The third-order valence-electron chi connectivity index (χ3n) is 4.20. The van der Waals surface area contributed by atoms with Gasteiger partial charge < -0.3 is 5.32 Å². The Labute approximate surface area is 126 Å². The van der Waals surface area contributed by atoms with Crippen molar-refractivity contribution >= 4 is 0 Å². The molecule has 1 aromatic carbocycles. The average Bonchev–Trinajstić information content (AvgIpc) is 2.50. The van der Waals surface area contributed by atoms with Gasteiger partial charge in [-0.2, -0.15) is 0 Å². The Morgan fingerprint density at radius 2 is 1.60 bits per heavy atom. The summed E-state index contributed by atoms with van der Waals surface area (Å²) in [6.07, 6.45) is 9.39. The molecule has 1 nitrogen and oxygen atoms in total. The van der Waals surface area contributed by atoms with Crippen LogP contribution in [-0.4, -0.2) is 12.6 Å². The first kappa shape index (κ1) is 17.2. The van der Waals surface area contributed by atoms with Gasteiger partial charge in [-0.25, -0.2) is 0 Å². The molecule has 1 N–H and O–H groups in total. The van der Waals surface area contributed by atoms with Gasteiger partial charge in [-0.3, -0.25) is 0 Å². The Bertz CT molecular complexity index is 320. The van der Waals surface area contributed by atoms with Crippen LogP contribution < -0.4 is 5.32 Å². The van der Waals surface area contributed by atoms with Crippen molar-refractivity contribution < 1.29 is 0 Å². The molecule has 1 heteroatoms. The molecule has 0 amide bonds. The number of hydrogen-bond donors (Lipinski definition) is 1. The number of hydrogen-bond acceptors (Lipinski definition) is 1. The van der Waals surface area contributed by atoms with Crippen molar-refractivity contribution in [2.75, 3.05) is 6.54 Å². The summed E-state index contributed by atoms with van der Waals surface area (Å²) in [7, 11) is 0. The van der Waals surface area contributed by atoms with Crippen LogP contribution in [0.4, 0.5) is 0 Å². The number of unbranched alkanes of at least 4 members (excludes halogenated alkanes) is 4. The topological polar surface area (TPSA) is 12.0 Å². The highest BCUT2D eigenvalue weighted by atomic mass is 14.9. The van der Waals surface area contributed by atoms with Gasteiger partial charge in [0.15, 0.2) is 0 Å². The second kappa shape index (κ2) is 10.9. The fourth-order valence-electron chi connectivity index (χ4n) is 2.82. The van der Waals surface area contributed by atoms with Gasteiger partial charge in [-0.1, -0.05) is 83.2 Å². The summed E-state index contributed by atoms with van der Waals surface area (Å²) in [5.41, 5.74) is 1.47. The fourth-order valence-corrected chi connectivity index (χ4v) is 2.82. The Morgan fingerprint density at radius 1 is 0.900 bits per heavy atom. The second-order valence-electron chi connectivity index (χ2n) is 5.96. The maximum Gasteiger partial charge on any atom is 0.0133 e. The number of nitrogens with one attached hydrogen (secondary N) is 1. The molecule has 2 atom stereocenters. The van der Waals surface area contributed by atoms with E-state index in [1.165, 1.54) is 50.5 Å².